The molecule has 11 heteroatoms. The number of likely N-dealkylation sites (N-methyl/N-ethyl adjacent to an activating group) is 1. The monoisotopic (exact) mass is 373 g/mol. The first kappa shape index (κ1) is 19.0. The Bertz CT molecular complexity index is 744. The van der Waals surface area contributed by atoms with Crippen LogP contribution >= 0.6 is 12.4 Å². The molecule has 1 aromatic carbocycles. The van der Waals surface area contributed by atoms with E-state index in [1.807, 2.05) is 7.05 Å². The van der Waals surface area contributed by atoms with Gasteiger partial charge in [-0.15, -0.1) is 12.4 Å². The standard InChI is InChI=1S/C14H16FN5O4.ClH/c1-19-5-4-16-7-12(19)14-17-13(24-18-14)8-23-9-2-3-11(20(21)22)10(15)6-9;/h2-3,6,12,16H,4-5,7-8H2,1H3;1H. The highest BCUT2D eigenvalue weighted by atomic mass is 35.5. The van der Waals surface area contributed by atoms with Crippen molar-refractivity contribution < 1.29 is 18.6 Å². The summed E-state index contributed by atoms with van der Waals surface area (Å²) in [5.41, 5.74) is -0.602. The van der Waals surface area contributed by atoms with E-state index in [1.54, 1.807) is 0 Å². The zero-order chi connectivity index (χ0) is 17.1. The molecule has 1 aromatic heterocycles. The van der Waals surface area contributed by atoms with Crippen LogP contribution in [0.4, 0.5) is 10.1 Å². The van der Waals surface area contributed by atoms with E-state index in [0.717, 1.165) is 31.8 Å². The third kappa shape index (κ3) is 4.41. The molecule has 1 aliphatic heterocycles. The van der Waals surface area contributed by atoms with Crippen LogP contribution in [0.5, 0.6) is 5.75 Å². The van der Waals surface area contributed by atoms with E-state index in [1.165, 1.54) is 6.07 Å². The van der Waals surface area contributed by atoms with Crippen molar-refractivity contribution in [2.75, 3.05) is 26.7 Å². The number of halogens is 2. The molecule has 1 fully saturated rings. The number of rotatable bonds is 5. The lowest BCUT2D eigenvalue weighted by molar-refractivity contribution is -0.387. The molecule has 1 N–H and O–H groups in total. The van der Waals surface area contributed by atoms with Crippen LogP contribution in [0.1, 0.15) is 17.8 Å². The molecule has 0 amide bonds. The van der Waals surface area contributed by atoms with E-state index in [-0.39, 0.29) is 36.7 Å². The topological polar surface area (TPSA) is 107 Å². The molecule has 0 aliphatic carbocycles. The molecule has 136 valence electrons. The zero-order valence-electron chi connectivity index (χ0n) is 13.3. The van der Waals surface area contributed by atoms with Crippen LogP contribution in [0.15, 0.2) is 22.7 Å². The van der Waals surface area contributed by atoms with Crippen molar-refractivity contribution in [1.82, 2.24) is 20.4 Å². The normalized spacial score (nSPS) is 17.8. The van der Waals surface area contributed by atoms with Gasteiger partial charge in [0.25, 0.3) is 5.89 Å². The average Bonchev–Trinajstić information content (AvgIpc) is 3.02. The van der Waals surface area contributed by atoms with Gasteiger partial charge in [0.1, 0.15) is 5.75 Å². The molecular weight excluding hydrogens is 357 g/mol. The van der Waals surface area contributed by atoms with Crippen molar-refractivity contribution in [2.45, 2.75) is 12.6 Å². The molecule has 0 spiro atoms. The summed E-state index contributed by atoms with van der Waals surface area (Å²) in [5, 5.41) is 17.8. The predicted octanol–water partition coefficient (Wildman–Crippen LogP) is 1.69. The van der Waals surface area contributed by atoms with Crippen LogP contribution in [0.25, 0.3) is 0 Å². The molecule has 1 aliphatic rings. The maximum Gasteiger partial charge on any atom is 0.305 e. The molecule has 9 nitrogen and oxygen atoms in total. The van der Waals surface area contributed by atoms with Crippen molar-refractivity contribution in [3.8, 4) is 5.75 Å². The van der Waals surface area contributed by atoms with Crippen molar-refractivity contribution in [3.63, 3.8) is 0 Å². The summed E-state index contributed by atoms with van der Waals surface area (Å²) >= 11 is 0. The van der Waals surface area contributed by atoms with Gasteiger partial charge in [0.15, 0.2) is 12.4 Å². The molecule has 2 heterocycles. The number of benzene rings is 1. The van der Waals surface area contributed by atoms with Gasteiger partial charge in [-0.25, -0.2) is 0 Å². The second-order valence-corrected chi connectivity index (χ2v) is 5.41. The minimum Gasteiger partial charge on any atom is -0.484 e. The van der Waals surface area contributed by atoms with Crippen LogP contribution in [0, 0.1) is 15.9 Å². The lowest BCUT2D eigenvalue weighted by atomic mass is 10.2. The lowest BCUT2D eigenvalue weighted by Gasteiger charge is -2.30. The number of hydrogen-bond donors (Lipinski definition) is 1. The second-order valence-electron chi connectivity index (χ2n) is 5.41. The maximum atomic E-state index is 13.5. The number of ether oxygens (including phenoxy) is 1. The molecule has 0 saturated carbocycles. The summed E-state index contributed by atoms with van der Waals surface area (Å²) in [5.74, 6) is -0.00571. The first-order valence-electron chi connectivity index (χ1n) is 7.35. The van der Waals surface area contributed by atoms with E-state index in [2.05, 4.69) is 20.4 Å². The molecule has 3 rings (SSSR count). The lowest BCUT2D eigenvalue weighted by Crippen LogP contribution is -2.44. The number of nitro benzene ring substituents is 1. The van der Waals surface area contributed by atoms with E-state index < -0.39 is 16.4 Å². The van der Waals surface area contributed by atoms with Crippen LogP contribution in [-0.4, -0.2) is 46.6 Å². The quantitative estimate of drug-likeness (QED) is 0.623. The molecule has 1 saturated heterocycles. The molecule has 25 heavy (non-hydrogen) atoms. The highest BCUT2D eigenvalue weighted by Gasteiger charge is 2.25. The van der Waals surface area contributed by atoms with Crippen molar-refractivity contribution in [2.24, 2.45) is 0 Å². The number of hydrogen-bond acceptors (Lipinski definition) is 8. The van der Waals surface area contributed by atoms with E-state index in [0.29, 0.717) is 5.82 Å². The van der Waals surface area contributed by atoms with Crippen molar-refractivity contribution >= 4 is 18.1 Å². The highest BCUT2D eigenvalue weighted by Crippen LogP contribution is 2.23. The van der Waals surface area contributed by atoms with Gasteiger partial charge < -0.3 is 14.6 Å². The second kappa shape index (κ2) is 8.19. The minimum atomic E-state index is -0.960. The fourth-order valence-electron chi connectivity index (χ4n) is 2.43. The van der Waals surface area contributed by atoms with E-state index in [4.69, 9.17) is 9.26 Å². The number of piperazine rings is 1. The Morgan fingerprint density at radius 2 is 2.36 bits per heavy atom. The fourth-order valence-corrected chi connectivity index (χ4v) is 2.43. The highest BCUT2D eigenvalue weighted by molar-refractivity contribution is 5.85. The van der Waals surface area contributed by atoms with Gasteiger partial charge in [0, 0.05) is 31.8 Å². The van der Waals surface area contributed by atoms with Crippen molar-refractivity contribution in [1.29, 1.82) is 0 Å². The zero-order valence-corrected chi connectivity index (χ0v) is 14.2. The third-order valence-electron chi connectivity index (χ3n) is 3.77. The molecule has 1 atom stereocenters. The Morgan fingerprint density at radius 3 is 3.04 bits per heavy atom. The molecular formula is C14H17ClFN5O4. The smallest absolute Gasteiger partial charge is 0.305 e. The minimum absolute atomic E-state index is 0. The Hall–Kier alpha value is -2.30. The Balaban J connectivity index is 0.00000225. The summed E-state index contributed by atoms with van der Waals surface area (Å²) in [6, 6.07) is 3.34. The van der Waals surface area contributed by atoms with Crippen LogP contribution in [0.2, 0.25) is 0 Å². The molecule has 1 unspecified atom stereocenters. The Kier molecular flexibility index (Phi) is 6.23. The Morgan fingerprint density at radius 1 is 1.56 bits per heavy atom. The van der Waals surface area contributed by atoms with Gasteiger partial charge in [-0.05, 0) is 13.1 Å². The predicted molar refractivity (Wildman–Crippen MR) is 87.2 cm³/mol. The number of nitrogens with one attached hydrogen (secondary N) is 1. The van der Waals surface area contributed by atoms with Gasteiger partial charge in [0.05, 0.1) is 11.0 Å². The van der Waals surface area contributed by atoms with Crippen molar-refractivity contribution in [3.05, 3.63) is 45.8 Å². The maximum absolute atomic E-state index is 13.5. The summed E-state index contributed by atoms with van der Waals surface area (Å²) in [6.45, 7) is 2.47. The van der Waals surface area contributed by atoms with E-state index >= 15 is 0 Å². The molecule has 2 aromatic rings. The largest absolute Gasteiger partial charge is 0.484 e. The summed E-state index contributed by atoms with van der Waals surface area (Å²) < 4.78 is 24.0. The van der Waals surface area contributed by atoms with Crippen LogP contribution in [-0.2, 0) is 6.61 Å². The summed E-state index contributed by atoms with van der Waals surface area (Å²) in [6.07, 6.45) is 0. The molecule has 0 radical (unpaired) electrons. The van der Waals surface area contributed by atoms with Gasteiger partial charge in [-0.2, -0.15) is 9.37 Å². The Labute approximate surface area is 148 Å². The van der Waals surface area contributed by atoms with Gasteiger partial charge in [-0.3, -0.25) is 15.0 Å². The SMILES string of the molecule is CN1CCNCC1c1noc(COc2ccc([N+](=O)[O-])c(F)c2)n1.Cl. The van der Waals surface area contributed by atoms with E-state index in [9.17, 15) is 14.5 Å². The van der Waals surface area contributed by atoms with Crippen LogP contribution < -0.4 is 10.1 Å². The number of nitro groups is 1. The average molecular weight is 374 g/mol. The number of nitrogens with zero attached hydrogens (tertiary/aromatic N) is 4. The summed E-state index contributed by atoms with van der Waals surface area (Å²) in [4.78, 5) is 16.2. The van der Waals surface area contributed by atoms with Gasteiger partial charge in [0.2, 0.25) is 5.82 Å². The van der Waals surface area contributed by atoms with Gasteiger partial charge in [-0.1, -0.05) is 5.16 Å². The fraction of sp³-hybridized carbons (Fsp3) is 0.429. The first-order chi connectivity index (χ1) is 11.5. The molecule has 0 bridgehead atoms. The van der Waals surface area contributed by atoms with Crippen LogP contribution in [0.3, 0.4) is 0 Å². The first-order valence-corrected chi connectivity index (χ1v) is 7.35. The van der Waals surface area contributed by atoms with Gasteiger partial charge >= 0.3 is 5.69 Å². The summed E-state index contributed by atoms with van der Waals surface area (Å²) in [7, 11) is 1.98. The third-order valence-corrected chi connectivity index (χ3v) is 3.77. The number of aromatic nitrogens is 2.